The summed E-state index contributed by atoms with van der Waals surface area (Å²) >= 11 is 0. The molecule has 1 aliphatic rings. The number of anilines is 1. The maximum Gasteiger partial charge on any atom is 0.255 e. The fourth-order valence-electron chi connectivity index (χ4n) is 2.79. The quantitative estimate of drug-likeness (QED) is 0.824. The van der Waals surface area contributed by atoms with Gasteiger partial charge in [0.25, 0.3) is 5.91 Å². The van der Waals surface area contributed by atoms with Crippen LogP contribution in [-0.4, -0.2) is 5.91 Å². The van der Waals surface area contributed by atoms with Crippen molar-refractivity contribution in [2.45, 2.75) is 32.2 Å². The number of hydrogen-bond donors (Lipinski definition) is 2. The lowest BCUT2D eigenvalue weighted by Gasteiger charge is -2.26. The van der Waals surface area contributed by atoms with E-state index in [0.717, 1.165) is 30.7 Å². The average Bonchev–Trinajstić information content (AvgIpc) is 2.85. The molecule has 1 amide bonds. The Kier molecular flexibility index (Phi) is 3.22. The van der Waals surface area contributed by atoms with Crippen molar-refractivity contribution in [3.63, 3.8) is 0 Å². The second-order valence-corrected chi connectivity index (χ2v) is 5.32. The fraction of sp³-hybridized carbons (Fsp3) is 0.312. The summed E-state index contributed by atoms with van der Waals surface area (Å²) in [5.74, 6) is 0.656. The van der Waals surface area contributed by atoms with Crippen molar-refractivity contribution in [2.75, 3.05) is 5.73 Å². The Morgan fingerprint density at radius 3 is 3.00 bits per heavy atom. The van der Waals surface area contributed by atoms with Gasteiger partial charge in [-0.25, -0.2) is 0 Å². The van der Waals surface area contributed by atoms with Gasteiger partial charge in [0.05, 0.1) is 11.6 Å². The first-order valence-electron chi connectivity index (χ1n) is 6.88. The Bertz CT molecular complexity index is 646. The van der Waals surface area contributed by atoms with Gasteiger partial charge in [-0.3, -0.25) is 4.79 Å². The maximum atomic E-state index is 12.2. The molecular formula is C16H18N2O2. The molecule has 1 aliphatic carbocycles. The van der Waals surface area contributed by atoms with Gasteiger partial charge in [0.2, 0.25) is 0 Å². The number of carbonyl (C=O) groups excluding carboxylic acids is 1. The molecule has 1 aromatic carbocycles. The van der Waals surface area contributed by atoms with E-state index < -0.39 is 0 Å². The highest BCUT2D eigenvalue weighted by Crippen LogP contribution is 2.31. The monoisotopic (exact) mass is 270 g/mol. The van der Waals surface area contributed by atoms with Gasteiger partial charge in [0, 0.05) is 5.69 Å². The second-order valence-electron chi connectivity index (χ2n) is 5.32. The van der Waals surface area contributed by atoms with Gasteiger partial charge < -0.3 is 15.5 Å². The van der Waals surface area contributed by atoms with Crippen LogP contribution < -0.4 is 11.1 Å². The number of fused-ring (bicyclic) bond motifs is 1. The molecule has 0 spiro atoms. The first-order valence-corrected chi connectivity index (χ1v) is 6.88. The number of aryl methyl sites for hydroxylation is 2. The minimum absolute atomic E-state index is 0.0575. The van der Waals surface area contributed by atoms with Crippen molar-refractivity contribution >= 4 is 11.6 Å². The van der Waals surface area contributed by atoms with Gasteiger partial charge in [-0.1, -0.05) is 6.07 Å². The minimum atomic E-state index is -0.0866. The number of furan rings is 1. The van der Waals surface area contributed by atoms with Crippen LogP contribution in [0.3, 0.4) is 0 Å². The van der Waals surface area contributed by atoms with E-state index in [1.807, 2.05) is 25.1 Å². The Balaban J connectivity index is 1.81. The number of amides is 1. The summed E-state index contributed by atoms with van der Waals surface area (Å²) in [6.07, 6.45) is 4.54. The standard InChI is InChI=1S/C16H18N2O2/c1-10-7-12(9-20-10)16(19)18-15-4-2-3-11-8-13(17)5-6-14(11)15/h5-9,15H,2-4,17H2,1H3,(H,18,19). The third-order valence-electron chi connectivity index (χ3n) is 3.78. The van der Waals surface area contributed by atoms with Gasteiger partial charge in [0.1, 0.15) is 12.0 Å². The number of carbonyl (C=O) groups is 1. The van der Waals surface area contributed by atoms with Crippen molar-refractivity contribution in [3.05, 3.63) is 53.0 Å². The smallest absolute Gasteiger partial charge is 0.255 e. The number of nitrogen functional groups attached to an aromatic ring is 1. The van der Waals surface area contributed by atoms with Crippen LogP contribution >= 0.6 is 0 Å². The van der Waals surface area contributed by atoms with Crippen molar-refractivity contribution < 1.29 is 9.21 Å². The summed E-state index contributed by atoms with van der Waals surface area (Å²) in [5, 5.41) is 3.08. The Hall–Kier alpha value is -2.23. The van der Waals surface area contributed by atoms with Crippen LogP contribution in [0, 0.1) is 6.92 Å². The Morgan fingerprint density at radius 1 is 1.40 bits per heavy atom. The molecule has 0 bridgehead atoms. The summed E-state index contributed by atoms with van der Waals surface area (Å²) in [5.41, 5.74) is 9.60. The lowest BCUT2D eigenvalue weighted by molar-refractivity contribution is 0.0932. The van der Waals surface area contributed by atoms with Crippen molar-refractivity contribution in [1.82, 2.24) is 5.32 Å². The number of hydrogen-bond acceptors (Lipinski definition) is 3. The highest BCUT2D eigenvalue weighted by atomic mass is 16.3. The van der Waals surface area contributed by atoms with E-state index in [1.54, 1.807) is 6.07 Å². The lowest BCUT2D eigenvalue weighted by atomic mass is 9.87. The molecule has 1 atom stereocenters. The lowest BCUT2D eigenvalue weighted by Crippen LogP contribution is -2.30. The van der Waals surface area contributed by atoms with Crippen LogP contribution in [0.4, 0.5) is 5.69 Å². The molecule has 1 aromatic heterocycles. The predicted molar refractivity (Wildman–Crippen MR) is 77.4 cm³/mol. The SMILES string of the molecule is Cc1cc(C(=O)NC2CCCc3cc(N)ccc32)co1. The Labute approximate surface area is 118 Å². The van der Waals surface area contributed by atoms with Crippen molar-refractivity contribution in [1.29, 1.82) is 0 Å². The first-order chi connectivity index (χ1) is 9.63. The van der Waals surface area contributed by atoms with Gasteiger partial charge >= 0.3 is 0 Å². The van der Waals surface area contributed by atoms with Crippen LogP contribution in [0.25, 0.3) is 0 Å². The van der Waals surface area contributed by atoms with Crippen molar-refractivity contribution in [2.24, 2.45) is 0 Å². The van der Waals surface area contributed by atoms with E-state index in [0.29, 0.717) is 5.56 Å². The van der Waals surface area contributed by atoms with E-state index in [9.17, 15) is 4.79 Å². The van der Waals surface area contributed by atoms with Crippen LogP contribution in [0.15, 0.2) is 34.9 Å². The van der Waals surface area contributed by atoms with Crippen LogP contribution in [-0.2, 0) is 6.42 Å². The van der Waals surface area contributed by atoms with Gasteiger partial charge in [-0.2, -0.15) is 0 Å². The first kappa shape index (κ1) is 12.8. The van der Waals surface area contributed by atoms with E-state index in [-0.39, 0.29) is 11.9 Å². The van der Waals surface area contributed by atoms with E-state index in [4.69, 9.17) is 10.2 Å². The maximum absolute atomic E-state index is 12.2. The zero-order chi connectivity index (χ0) is 14.1. The number of rotatable bonds is 2. The van der Waals surface area contributed by atoms with Crippen molar-refractivity contribution in [3.8, 4) is 0 Å². The molecule has 3 N–H and O–H groups in total. The van der Waals surface area contributed by atoms with Crippen LogP contribution in [0.2, 0.25) is 0 Å². The highest BCUT2D eigenvalue weighted by molar-refractivity contribution is 5.94. The van der Waals surface area contributed by atoms with Gasteiger partial charge in [-0.15, -0.1) is 0 Å². The average molecular weight is 270 g/mol. The number of nitrogens with one attached hydrogen (secondary N) is 1. The van der Waals surface area contributed by atoms with E-state index in [2.05, 4.69) is 5.32 Å². The third-order valence-corrected chi connectivity index (χ3v) is 3.78. The van der Waals surface area contributed by atoms with E-state index in [1.165, 1.54) is 17.4 Å². The van der Waals surface area contributed by atoms with Crippen LogP contribution in [0.5, 0.6) is 0 Å². The van der Waals surface area contributed by atoms with Crippen LogP contribution in [0.1, 0.15) is 46.1 Å². The normalized spacial score (nSPS) is 17.6. The summed E-state index contributed by atoms with van der Waals surface area (Å²) in [4.78, 5) is 12.2. The largest absolute Gasteiger partial charge is 0.469 e. The molecule has 0 saturated heterocycles. The molecule has 3 rings (SSSR count). The van der Waals surface area contributed by atoms with E-state index >= 15 is 0 Å². The molecule has 1 heterocycles. The second kappa shape index (κ2) is 5.04. The zero-order valence-electron chi connectivity index (χ0n) is 11.5. The highest BCUT2D eigenvalue weighted by Gasteiger charge is 2.22. The van der Waals surface area contributed by atoms with Gasteiger partial charge in [-0.05, 0) is 55.5 Å². The zero-order valence-corrected chi connectivity index (χ0v) is 11.5. The molecule has 0 fully saturated rings. The molecule has 0 radical (unpaired) electrons. The summed E-state index contributed by atoms with van der Waals surface area (Å²) in [6, 6.07) is 7.74. The molecule has 4 nitrogen and oxygen atoms in total. The number of benzene rings is 1. The molecule has 1 unspecified atom stereocenters. The molecule has 2 aromatic rings. The molecule has 4 heteroatoms. The third kappa shape index (κ3) is 2.41. The summed E-state index contributed by atoms with van der Waals surface area (Å²) in [6.45, 7) is 1.83. The molecule has 0 saturated carbocycles. The minimum Gasteiger partial charge on any atom is -0.469 e. The topological polar surface area (TPSA) is 68.3 Å². The summed E-state index contributed by atoms with van der Waals surface area (Å²) < 4.78 is 5.18. The fourth-order valence-corrected chi connectivity index (χ4v) is 2.79. The Morgan fingerprint density at radius 2 is 2.25 bits per heavy atom. The summed E-state index contributed by atoms with van der Waals surface area (Å²) in [7, 11) is 0. The molecule has 104 valence electrons. The number of nitrogens with two attached hydrogens (primary N) is 1. The van der Waals surface area contributed by atoms with Gasteiger partial charge in [0.15, 0.2) is 0 Å². The molecule has 0 aliphatic heterocycles. The molecular weight excluding hydrogens is 252 g/mol. The molecule has 20 heavy (non-hydrogen) atoms. The predicted octanol–water partition coefficient (Wildman–Crippen LogP) is 2.98.